The molecule has 0 amide bonds. The zero-order chi connectivity index (χ0) is 18.8. The van der Waals surface area contributed by atoms with E-state index in [4.69, 9.17) is 9.47 Å². The van der Waals surface area contributed by atoms with E-state index in [0.29, 0.717) is 19.3 Å². The number of carbonyl (C=O) groups excluding carboxylic acids is 2. The summed E-state index contributed by atoms with van der Waals surface area (Å²) in [4.78, 5) is 23.7. The zero-order valence-corrected chi connectivity index (χ0v) is 16.8. The van der Waals surface area contributed by atoms with Gasteiger partial charge in [-0.25, -0.2) is 0 Å². The molecule has 0 spiro atoms. The quantitative estimate of drug-likeness (QED) is 0.174. The van der Waals surface area contributed by atoms with Gasteiger partial charge in [0.25, 0.3) is 0 Å². The lowest BCUT2D eigenvalue weighted by Gasteiger charge is -2.16. The van der Waals surface area contributed by atoms with Crippen LogP contribution in [0.25, 0.3) is 0 Å². The molecule has 0 aliphatic carbocycles. The summed E-state index contributed by atoms with van der Waals surface area (Å²) >= 11 is 0. The van der Waals surface area contributed by atoms with Crippen LogP contribution in [0.4, 0.5) is 0 Å². The molecule has 0 unspecified atom stereocenters. The van der Waals surface area contributed by atoms with Crippen LogP contribution in [0.5, 0.6) is 0 Å². The molecule has 25 heavy (non-hydrogen) atoms. The first-order valence-corrected chi connectivity index (χ1v) is 10.5. The van der Waals surface area contributed by atoms with Crippen molar-refractivity contribution in [1.82, 2.24) is 0 Å². The molecule has 0 saturated carbocycles. The highest BCUT2D eigenvalue weighted by molar-refractivity contribution is 5.71. The molecule has 0 aliphatic heterocycles. The Kier molecular flexibility index (Phi) is 17.0. The molecule has 0 rings (SSSR count). The first-order valence-electron chi connectivity index (χ1n) is 10.5. The number of ether oxygens (including phenoxy) is 2. The predicted octanol–water partition coefficient (Wildman–Crippen LogP) is 6.31. The molecular weight excluding hydrogens is 316 g/mol. The fourth-order valence-corrected chi connectivity index (χ4v) is 2.70. The van der Waals surface area contributed by atoms with Crippen LogP contribution >= 0.6 is 0 Å². The van der Waals surface area contributed by atoms with E-state index in [9.17, 15) is 9.59 Å². The molecule has 4 heteroatoms. The van der Waals surface area contributed by atoms with Crippen LogP contribution < -0.4 is 0 Å². The Morgan fingerprint density at radius 1 is 0.600 bits per heavy atom. The lowest BCUT2D eigenvalue weighted by Crippen LogP contribution is -2.23. The zero-order valence-electron chi connectivity index (χ0n) is 16.8. The SMILES string of the molecule is CCCCCCCCC(=O)OC(CC)OC(=O)CCCCCCCC. The topological polar surface area (TPSA) is 52.6 Å². The van der Waals surface area contributed by atoms with Crippen LogP contribution in [0.15, 0.2) is 0 Å². The summed E-state index contributed by atoms with van der Waals surface area (Å²) in [7, 11) is 0. The molecule has 0 fully saturated rings. The van der Waals surface area contributed by atoms with E-state index in [0.717, 1.165) is 25.7 Å². The van der Waals surface area contributed by atoms with Crippen LogP contribution in [0.1, 0.15) is 117 Å². The third kappa shape index (κ3) is 16.2. The van der Waals surface area contributed by atoms with Crippen molar-refractivity contribution in [2.75, 3.05) is 0 Å². The highest BCUT2D eigenvalue weighted by Gasteiger charge is 2.16. The lowest BCUT2D eigenvalue weighted by molar-refractivity contribution is -0.188. The van der Waals surface area contributed by atoms with Gasteiger partial charge in [0.1, 0.15) is 0 Å². The van der Waals surface area contributed by atoms with Crippen LogP contribution in [0.2, 0.25) is 0 Å². The number of rotatable bonds is 17. The lowest BCUT2D eigenvalue weighted by atomic mass is 10.1. The van der Waals surface area contributed by atoms with Crippen molar-refractivity contribution in [1.29, 1.82) is 0 Å². The fourth-order valence-electron chi connectivity index (χ4n) is 2.70. The van der Waals surface area contributed by atoms with Gasteiger partial charge in [0, 0.05) is 19.3 Å². The van der Waals surface area contributed by atoms with Gasteiger partial charge in [-0.3, -0.25) is 9.59 Å². The smallest absolute Gasteiger partial charge is 0.308 e. The Bertz CT molecular complexity index is 298. The maximum absolute atomic E-state index is 11.8. The monoisotopic (exact) mass is 356 g/mol. The number of hydrogen-bond acceptors (Lipinski definition) is 4. The molecule has 0 saturated heterocycles. The maximum Gasteiger partial charge on any atom is 0.308 e. The van der Waals surface area contributed by atoms with Gasteiger partial charge < -0.3 is 9.47 Å². The molecule has 0 aromatic heterocycles. The van der Waals surface area contributed by atoms with Crippen molar-refractivity contribution in [3.8, 4) is 0 Å². The van der Waals surface area contributed by atoms with Crippen molar-refractivity contribution in [3.63, 3.8) is 0 Å². The number of esters is 2. The number of hydrogen-bond donors (Lipinski definition) is 0. The van der Waals surface area contributed by atoms with Crippen LogP contribution in [0.3, 0.4) is 0 Å². The Morgan fingerprint density at radius 2 is 0.960 bits per heavy atom. The Hall–Kier alpha value is -1.06. The highest BCUT2D eigenvalue weighted by Crippen LogP contribution is 2.12. The summed E-state index contributed by atoms with van der Waals surface area (Å²) in [6, 6.07) is 0. The molecule has 4 nitrogen and oxygen atoms in total. The van der Waals surface area contributed by atoms with Crippen molar-refractivity contribution >= 4 is 11.9 Å². The second-order valence-corrected chi connectivity index (χ2v) is 6.85. The van der Waals surface area contributed by atoms with Crippen LogP contribution in [-0.4, -0.2) is 18.2 Å². The molecule has 0 aromatic carbocycles. The van der Waals surface area contributed by atoms with Crippen molar-refractivity contribution in [3.05, 3.63) is 0 Å². The van der Waals surface area contributed by atoms with E-state index in [2.05, 4.69) is 13.8 Å². The summed E-state index contributed by atoms with van der Waals surface area (Å²) in [5.74, 6) is -0.510. The summed E-state index contributed by atoms with van der Waals surface area (Å²) in [6.45, 7) is 6.24. The first kappa shape index (κ1) is 23.9. The van der Waals surface area contributed by atoms with Gasteiger partial charge in [0.2, 0.25) is 6.29 Å². The second-order valence-electron chi connectivity index (χ2n) is 6.85. The Morgan fingerprint density at radius 3 is 1.32 bits per heavy atom. The summed E-state index contributed by atoms with van der Waals surface area (Å²) < 4.78 is 10.6. The van der Waals surface area contributed by atoms with E-state index in [1.807, 2.05) is 6.92 Å². The molecule has 148 valence electrons. The number of carbonyl (C=O) groups is 2. The maximum atomic E-state index is 11.8. The van der Waals surface area contributed by atoms with E-state index in [1.54, 1.807) is 0 Å². The molecule has 0 bridgehead atoms. The molecular formula is C21H40O4. The largest absolute Gasteiger partial charge is 0.425 e. The molecule has 0 atom stereocenters. The highest BCUT2D eigenvalue weighted by atomic mass is 16.7. The fraction of sp³-hybridized carbons (Fsp3) is 0.905. The average molecular weight is 357 g/mol. The minimum atomic E-state index is -0.722. The van der Waals surface area contributed by atoms with Gasteiger partial charge in [-0.15, -0.1) is 0 Å². The molecule has 0 aromatic rings. The van der Waals surface area contributed by atoms with E-state index in [1.165, 1.54) is 51.4 Å². The minimum Gasteiger partial charge on any atom is -0.425 e. The second kappa shape index (κ2) is 17.8. The third-order valence-corrected chi connectivity index (χ3v) is 4.33. The van der Waals surface area contributed by atoms with Crippen molar-refractivity contribution < 1.29 is 19.1 Å². The van der Waals surface area contributed by atoms with Crippen LogP contribution in [0, 0.1) is 0 Å². The van der Waals surface area contributed by atoms with E-state index in [-0.39, 0.29) is 11.9 Å². The summed E-state index contributed by atoms with van der Waals surface area (Å²) in [5.41, 5.74) is 0. The molecule has 0 radical (unpaired) electrons. The van der Waals surface area contributed by atoms with Gasteiger partial charge in [-0.2, -0.15) is 0 Å². The normalized spacial score (nSPS) is 10.9. The Balaban J connectivity index is 3.74. The summed E-state index contributed by atoms with van der Waals surface area (Å²) in [6.07, 6.45) is 14.2. The van der Waals surface area contributed by atoms with Gasteiger partial charge in [0.15, 0.2) is 0 Å². The Labute approximate surface area is 155 Å². The van der Waals surface area contributed by atoms with Crippen molar-refractivity contribution in [2.45, 2.75) is 123 Å². The molecule has 0 N–H and O–H groups in total. The first-order chi connectivity index (χ1) is 12.1. The minimum absolute atomic E-state index is 0.255. The van der Waals surface area contributed by atoms with Gasteiger partial charge in [-0.05, 0) is 12.8 Å². The number of unbranched alkanes of at least 4 members (excludes halogenated alkanes) is 10. The third-order valence-electron chi connectivity index (χ3n) is 4.33. The standard InChI is InChI=1S/C21H40O4/c1-4-7-9-11-13-15-17-19(22)24-21(6-3)25-20(23)18-16-14-12-10-8-5-2/h21H,4-18H2,1-3H3. The van der Waals surface area contributed by atoms with Gasteiger partial charge in [0.05, 0.1) is 0 Å². The van der Waals surface area contributed by atoms with E-state index < -0.39 is 6.29 Å². The van der Waals surface area contributed by atoms with E-state index >= 15 is 0 Å². The summed E-state index contributed by atoms with van der Waals surface area (Å²) in [5, 5.41) is 0. The molecule has 0 heterocycles. The average Bonchev–Trinajstić information content (AvgIpc) is 2.60. The van der Waals surface area contributed by atoms with Crippen LogP contribution in [-0.2, 0) is 19.1 Å². The van der Waals surface area contributed by atoms with Gasteiger partial charge >= 0.3 is 11.9 Å². The predicted molar refractivity (Wildman–Crippen MR) is 102 cm³/mol. The molecule has 0 aliphatic rings. The van der Waals surface area contributed by atoms with Gasteiger partial charge in [-0.1, -0.05) is 85.0 Å². The van der Waals surface area contributed by atoms with Crippen molar-refractivity contribution in [2.24, 2.45) is 0 Å².